The van der Waals surface area contributed by atoms with Gasteiger partial charge in [0, 0.05) is 0 Å². The summed E-state index contributed by atoms with van der Waals surface area (Å²) in [6.45, 7) is -1.96. The molecule has 2 aliphatic rings. The average molecular weight is 372 g/mol. The van der Waals surface area contributed by atoms with E-state index in [4.69, 9.17) is 9.47 Å². The Morgan fingerprint density at radius 3 is 1.84 bits per heavy atom. The summed E-state index contributed by atoms with van der Waals surface area (Å²) < 4.78 is 10.1. The molecule has 0 radical (unpaired) electrons. The Morgan fingerprint density at radius 2 is 1.32 bits per heavy atom. The maximum Gasteiger partial charge on any atom is 0.184 e. The topological polar surface area (TPSA) is 221 Å². The minimum absolute atomic E-state index is 0.778. The summed E-state index contributed by atoms with van der Waals surface area (Å²) in [4.78, 5) is 0. The van der Waals surface area contributed by atoms with Gasteiger partial charge in [-0.3, -0.25) is 0 Å². The van der Waals surface area contributed by atoms with Gasteiger partial charge in [0.1, 0.15) is 60.5 Å². The van der Waals surface area contributed by atoms with Gasteiger partial charge in [-0.15, -0.1) is 0 Å². The number of aliphatic hydroxyl groups is 10. The molecule has 11 atom stereocenters. The molecule has 1 saturated heterocycles. The van der Waals surface area contributed by atoms with Gasteiger partial charge in [-0.1, -0.05) is 0 Å². The SMILES string of the molecule is OC[C@H]1O[C@@H](O)[C@H](O)[C@@H](O)[C@@H]1O[C@@H]1[C@H](O)[C@@H](O)[C@H](O)[C@@](O)(CO)[C@H]1O. The summed E-state index contributed by atoms with van der Waals surface area (Å²) in [7, 11) is 0. The molecule has 148 valence electrons. The lowest BCUT2D eigenvalue weighted by molar-refractivity contribution is -0.333. The van der Waals surface area contributed by atoms with Crippen molar-refractivity contribution in [2.45, 2.75) is 66.8 Å². The van der Waals surface area contributed by atoms with E-state index >= 15 is 0 Å². The van der Waals surface area contributed by atoms with Gasteiger partial charge in [-0.2, -0.15) is 0 Å². The lowest BCUT2D eigenvalue weighted by Gasteiger charge is -2.50. The van der Waals surface area contributed by atoms with Gasteiger partial charge in [0.05, 0.1) is 13.2 Å². The molecule has 0 bridgehead atoms. The van der Waals surface area contributed by atoms with Crippen molar-refractivity contribution >= 4 is 0 Å². The highest BCUT2D eigenvalue weighted by Gasteiger charge is 2.59. The molecule has 12 heteroatoms. The zero-order valence-corrected chi connectivity index (χ0v) is 13.0. The minimum atomic E-state index is -2.64. The second-order valence-corrected chi connectivity index (χ2v) is 6.31. The Balaban J connectivity index is 2.26. The van der Waals surface area contributed by atoms with E-state index in [0.717, 1.165) is 0 Å². The van der Waals surface area contributed by atoms with Crippen molar-refractivity contribution in [2.24, 2.45) is 0 Å². The largest absolute Gasteiger partial charge is 0.394 e. The van der Waals surface area contributed by atoms with E-state index in [-0.39, 0.29) is 0 Å². The first kappa shape index (κ1) is 20.8. The van der Waals surface area contributed by atoms with Crippen LogP contribution in [0.25, 0.3) is 0 Å². The molecule has 1 saturated carbocycles. The summed E-state index contributed by atoms with van der Waals surface area (Å²) in [6.07, 6.45) is -18.4. The number of aliphatic hydroxyl groups excluding tert-OH is 9. The molecule has 1 aliphatic carbocycles. The van der Waals surface area contributed by atoms with Gasteiger partial charge in [-0.25, -0.2) is 0 Å². The van der Waals surface area contributed by atoms with Crippen molar-refractivity contribution in [3.8, 4) is 0 Å². The molecule has 25 heavy (non-hydrogen) atoms. The van der Waals surface area contributed by atoms with Crippen molar-refractivity contribution in [1.29, 1.82) is 0 Å². The second-order valence-electron chi connectivity index (χ2n) is 6.31. The van der Waals surface area contributed by atoms with E-state index in [2.05, 4.69) is 0 Å². The first-order valence-electron chi connectivity index (χ1n) is 7.61. The fourth-order valence-electron chi connectivity index (χ4n) is 3.08. The predicted octanol–water partition coefficient (Wildman–Crippen LogP) is -6.65. The van der Waals surface area contributed by atoms with Crippen LogP contribution in [0.1, 0.15) is 0 Å². The first-order chi connectivity index (χ1) is 11.6. The van der Waals surface area contributed by atoms with Crippen LogP contribution in [0.5, 0.6) is 0 Å². The first-order valence-corrected chi connectivity index (χ1v) is 7.61. The van der Waals surface area contributed by atoms with E-state index in [0.29, 0.717) is 0 Å². The smallest absolute Gasteiger partial charge is 0.184 e. The Morgan fingerprint density at radius 1 is 0.760 bits per heavy atom. The third-order valence-electron chi connectivity index (χ3n) is 4.75. The molecule has 2 fully saturated rings. The molecule has 12 nitrogen and oxygen atoms in total. The highest BCUT2D eigenvalue weighted by atomic mass is 16.7. The molecule has 0 amide bonds. The van der Waals surface area contributed by atoms with Crippen LogP contribution in [-0.4, -0.2) is 131 Å². The highest BCUT2D eigenvalue weighted by Crippen LogP contribution is 2.34. The number of ether oxygens (including phenoxy) is 2. The Labute approximate surface area is 141 Å². The van der Waals surface area contributed by atoms with Crippen LogP contribution >= 0.6 is 0 Å². The number of hydrogen-bond acceptors (Lipinski definition) is 12. The third-order valence-corrected chi connectivity index (χ3v) is 4.75. The zero-order valence-electron chi connectivity index (χ0n) is 13.0. The molecule has 0 aromatic carbocycles. The molecule has 1 heterocycles. The Hall–Kier alpha value is -0.480. The van der Waals surface area contributed by atoms with Crippen molar-refractivity contribution in [3.05, 3.63) is 0 Å². The van der Waals surface area contributed by atoms with Gasteiger partial charge < -0.3 is 60.5 Å². The molecular formula is C13H24O12. The van der Waals surface area contributed by atoms with Crippen LogP contribution < -0.4 is 0 Å². The number of hydrogen-bond donors (Lipinski definition) is 10. The van der Waals surface area contributed by atoms with Crippen LogP contribution in [0.2, 0.25) is 0 Å². The van der Waals surface area contributed by atoms with E-state index in [1.807, 2.05) is 0 Å². The van der Waals surface area contributed by atoms with Crippen molar-refractivity contribution in [3.63, 3.8) is 0 Å². The van der Waals surface area contributed by atoms with Gasteiger partial charge in [-0.05, 0) is 0 Å². The lowest BCUT2D eigenvalue weighted by atomic mass is 9.75. The van der Waals surface area contributed by atoms with Gasteiger partial charge in [0.15, 0.2) is 6.29 Å². The second kappa shape index (κ2) is 7.64. The molecule has 10 N–H and O–H groups in total. The summed E-state index contributed by atoms with van der Waals surface area (Å²) in [5.41, 5.74) is -2.64. The lowest BCUT2D eigenvalue weighted by Crippen LogP contribution is -2.74. The Kier molecular flexibility index (Phi) is 6.36. The van der Waals surface area contributed by atoms with Gasteiger partial charge >= 0.3 is 0 Å². The van der Waals surface area contributed by atoms with Crippen LogP contribution in [0.4, 0.5) is 0 Å². The zero-order chi connectivity index (χ0) is 19.1. The molecular weight excluding hydrogens is 348 g/mol. The number of rotatable bonds is 4. The molecule has 0 spiro atoms. The highest BCUT2D eigenvalue weighted by molar-refractivity contribution is 5.09. The van der Waals surface area contributed by atoms with E-state index in [9.17, 15) is 51.1 Å². The predicted molar refractivity (Wildman–Crippen MR) is 74.7 cm³/mol. The summed E-state index contributed by atoms with van der Waals surface area (Å²) >= 11 is 0. The molecule has 0 aromatic rings. The molecule has 0 unspecified atom stereocenters. The van der Waals surface area contributed by atoms with Crippen molar-refractivity contribution in [1.82, 2.24) is 0 Å². The summed E-state index contributed by atoms with van der Waals surface area (Å²) in [5.74, 6) is 0. The molecule has 1 aliphatic heterocycles. The fourth-order valence-corrected chi connectivity index (χ4v) is 3.08. The minimum Gasteiger partial charge on any atom is -0.394 e. The normalized spacial score (nSPS) is 54.5. The van der Waals surface area contributed by atoms with Crippen LogP contribution in [0.3, 0.4) is 0 Å². The van der Waals surface area contributed by atoms with Crippen molar-refractivity contribution in [2.75, 3.05) is 13.2 Å². The van der Waals surface area contributed by atoms with Crippen molar-refractivity contribution < 1.29 is 60.5 Å². The maximum atomic E-state index is 10.2. The van der Waals surface area contributed by atoms with Gasteiger partial charge in [0.2, 0.25) is 0 Å². The molecule has 2 rings (SSSR count). The van der Waals surface area contributed by atoms with E-state index in [1.54, 1.807) is 0 Å². The molecule has 0 aromatic heterocycles. The fraction of sp³-hybridized carbons (Fsp3) is 1.00. The van der Waals surface area contributed by atoms with Crippen LogP contribution in [-0.2, 0) is 9.47 Å². The van der Waals surface area contributed by atoms with Crippen LogP contribution in [0, 0.1) is 0 Å². The van der Waals surface area contributed by atoms with Gasteiger partial charge in [0.25, 0.3) is 0 Å². The van der Waals surface area contributed by atoms with E-state index < -0.39 is 80.0 Å². The monoisotopic (exact) mass is 372 g/mol. The quantitative estimate of drug-likeness (QED) is 0.222. The summed E-state index contributed by atoms with van der Waals surface area (Å²) in [5, 5.41) is 97.5. The third kappa shape index (κ3) is 3.41. The van der Waals surface area contributed by atoms with Crippen LogP contribution in [0.15, 0.2) is 0 Å². The van der Waals surface area contributed by atoms with E-state index in [1.165, 1.54) is 0 Å². The maximum absolute atomic E-state index is 10.2. The Bertz CT molecular complexity index is 449. The standard InChI is InChI=1S/C13H24O12/c14-1-3-8(5(17)7(19)12(22)24-3)25-9-4(16)6(18)10(20)13(23,2-15)11(9)21/h3-12,14-23H,1-2H2/t3-,4-,5-,6-,7-,8-,9-,10+,11+,12-,13+/m1/s1. The summed E-state index contributed by atoms with van der Waals surface area (Å²) in [6, 6.07) is 0. The average Bonchev–Trinajstić information content (AvgIpc) is 2.61.